The fourth-order valence-corrected chi connectivity index (χ4v) is 4.23. The zero-order valence-corrected chi connectivity index (χ0v) is 25.1. The van der Waals surface area contributed by atoms with Gasteiger partial charge in [-0.3, -0.25) is 0 Å². The van der Waals surface area contributed by atoms with Crippen LogP contribution in [0, 0.1) is 0 Å². The Balaban J connectivity index is 2.18. The number of carbonyl (C=O) groups excluding carboxylic acids is 2. The Labute approximate surface area is 250 Å². The molecule has 0 aromatic heterocycles. The van der Waals surface area contributed by atoms with E-state index < -0.39 is 25.2 Å². The minimum absolute atomic E-state index is 0.0119. The van der Waals surface area contributed by atoms with Gasteiger partial charge < -0.3 is 29.2 Å². The van der Waals surface area contributed by atoms with Gasteiger partial charge in [0.2, 0.25) is 0 Å². The first-order valence-corrected chi connectivity index (χ1v) is 14.8. The lowest BCUT2D eigenvalue weighted by molar-refractivity contribution is -0.141. The smallest absolute Gasteiger partial charge is 0.335 e. The van der Waals surface area contributed by atoms with Crippen molar-refractivity contribution in [3.8, 4) is 22.6 Å². The minimum Gasteiger partial charge on any atom is -0.490 e. The van der Waals surface area contributed by atoms with Crippen molar-refractivity contribution >= 4 is 11.9 Å². The van der Waals surface area contributed by atoms with Gasteiger partial charge in [0.15, 0.2) is 0 Å². The summed E-state index contributed by atoms with van der Waals surface area (Å²) < 4.78 is 22.2. The average Bonchev–Trinajstić information content (AvgIpc) is 3.01. The highest BCUT2D eigenvalue weighted by Gasteiger charge is 2.13. The molecule has 0 amide bonds. The normalized spacial score (nSPS) is 10.7. The molecule has 0 saturated carbocycles. The van der Waals surface area contributed by atoms with Crippen molar-refractivity contribution in [1.82, 2.24) is 0 Å². The van der Waals surface area contributed by atoms with Gasteiger partial charge in [0.25, 0.3) is 0 Å². The van der Waals surface area contributed by atoms with Crippen LogP contribution in [0.3, 0.4) is 0 Å². The number of hydrogen-bond acceptors (Lipinski definition) is 8. The van der Waals surface area contributed by atoms with Crippen LogP contribution in [0.2, 0.25) is 0 Å². The lowest BCUT2D eigenvalue weighted by atomic mass is 9.96. The summed E-state index contributed by atoms with van der Waals surface area (Å²) in [4.78, 5) is 23.4. The van der Waals surface area contributed by atoms with Gasteiger partial charge in [-0.1, -0.05) is 64.8 Å². The van der Waals surface area contributed by atoms with Crippen LogP contribution < -0.4 is 9.47 Å². The molecule has 2 aromatic carbocycles. The molecule has 0 unspecified atom stereocenters. The molecule has 8 heteroatoms. The SMILES string of the molecule is C=C(CO)C(=O)OCCOc1ccc(-c2ccc(OCCOC(=O)C(=C)CO)c(CCCCC)c2)cc1CCCCC. The number of ether oxygens (including phenoxy) is 4. The molecule has 0 saturated heterocycles. The Morgan fingerprint density at radius 1 is 0.643 bits per heavy atom. The van der Waals surface area contributed by atoms with Crippen LogP contribution in [-0.2, 0) is 31.9 Å². The summed E-state index contributed by atoms with van der Waals surface area (Å²) in [6, 6.07) is 12.3. The number of rotatable bonds is 21. The zero-order chi connectivity index (χ0) is 30.7. The third kappa shape index (κ3) is 11.7. The van der Waals surface area contributed by atoms with Crippen LogP contribution in [0.1, 0.15) is 63.5 Å². The maximum atomic E-state index is 11.7. The van der Waals surface area contributed by atoms with Crippen LogP contribution in [0.5, 0.6) is 11.5 Å². The Kier molecular flexibility index (Phi) is 16.0. The summed E-state index contributed by atoms with van der Waals surface area (Å²) in [5.74, 6) is 0.257. The first-order valence-electron chi connectivity index (χ1n) is 14.8. The van der Waals surface area contributed by atoms with E-state index in [2.05, 4.69) is 39.1 Å². The quantitative estimate of drug-likeness (QED) is 0.109. The predicted molar refractivity (Wildman–Crippen MR) is 164 cm³/mol. The van der Waals surface area contributed by atoms with Crippen LogP contribution in [0.15, 0.2) is 60.7 Å². The third-order valence-electron chi connectivity index (χ3n) is 6.66. The molecule has 0 atom stereocenters. The molecular weight excluding hydrogens is 536 g/mol. The standard InChI is InChI=1S/C34H46O8/c1-5-7-9-11-29-21-27(13-15-31(29)39-17-19-41-33(37)25(3)23-35)28-14-16-32(30(22-28)12-10-8-6-2)40-18-20-42-34(38)26(4)24-36/h13-16,21-22,35-36H,3-12,17-20,23-24H2,1-2H3. The molecule has 0 bridgehead atoms. The molecule has 0 heterocycles. The molecule has 0 spiro atoms. The molecular formula is C34H46O8. The Morgan fingerprint density at radius 2 is 1.05 bits per heavy atom. The molecule has 42 heavy (non-hydrogen) atoms. The molecule has 230 valence electrons. The van der Waals surface area contributed by atoms with Gasteiger partial charge in [-0.15, -0.1) is 0 Å². The Morgan fingerprint density at radius 3 is 1.40 bits per heavy atom. The van der Waals surface area contributed by atoms with Crippen LogP contribution in [-0.4, -0.2) is 61.8 Å². The van der Waals surface area contributed by atoms with E-state index in [1.807, 2.05) is 24.3 Å². The van der Waals surface area contributed by atoms with Crippen molar-refractivity contribution < 1.29 is 38.7 Å². The highest BCUT2D eigenvalue weighted by Crippen LogP contribution is 2.32. The number of esters is 2. The van der Waals surface area contributed by atoms with E-state index in [1.165, 1.54) is 0 Å². The number of aryl methyl sites for hydroxylation is 2. The topological polar surface area (TPSA) is 112 Å². The number of aliphatic hydroxyl groups is 2. The van der Waals surface area contributed by atoms with Crippen molar-refractivity contribution in [2.75, 3.05) is 39.6 Å². The fraction of sp³-hybridized carbons (Fsp3) is 0.471. The van der Waals surface area contributed by atoms with Gasteiger partial charge in [0.1, 0.15) is 37.9 Å². The summed E-state index contributed by atoms with van der Waals surface area (Å²) in [5, 5.41) is 18.0. The summed E-state index contributed by atoms with van der Waals surface area (Å²) in [6.07, 6.45) is 8.24. The van der Waals surface area contributed by atoms with Gasteiger partial charge in [-0.05, 0) is 72.2 Å². The zero-order valence-electron chi connectivity index (χ0n) is 25.1. The lowest BCUT2D eigenvalue weighted by Crippen LogP contribution is -2.15. The van der Waals surface area contributed by atoms with E-state index in [1.54, 1.807) is 0 Å². The average molecular weight is 583 g/mol. The second-order valence-corrected chi connectivity index (χ2v) is 10.1. The second-order valence-electron chi connectivity index (χ2n) is 10.1. The highest BCUT2D eigenvalue weighted by atomic mass is 16.6. The van der Waals surface area contributed by atoms with Crippen molar-refractivity contribution in [2.24, 2.45) is 0 Å². The van der Waals surface area contributed by atoms with E-state index in [9.17, 15) is 9.59 Å². The Hall–Kier alpha value is -3.62. The van der Waals surface area contributed by atoms with Crippen molar-refractivity contribution in [3.63, 3.8) is 0 Å². The van der Waals surface area contributed by atoms with Crippen molar-refractivity contribution in [2.45, 2.75) is 65.2 Å². The lowest BCUT2D eigenvalue weighted by Gasteiger charge is -2.16. The number of carbonyl (C=O) groups is 2. The number of hydrogen-bond donors (Lipinski definition) is 2. The third-order valence-corrected chi connectivity index (χ3v) is 6.66. The molecule has 0 aliphatic carbocycles. The van der Waals surface area contributed by atoms with E-state index in [0.29, 0.717) is 0 Å². The molecule has 2 N–H and O–H groups in total. The first kappa shape index (κ1) is 34.6. The molecule has 0 radical (unpaired) electrons. The largest absolute Gasteiger partial charge is 0.490 e. The predicted octanol–water partition coefficient (Wildman–Crippen LogP) is 5.76. The second kappa shape index (κ2) is 19.5. The number of benzene rings is 2. The summed E-state index contributed by atoms with van der Waals surface area (Å²) in [6.45, 7) is 10.9. The molecule has 8 nitrogen and oxygen atoms in total. The highest BCUT2D eigenvalue weighted by molar-refractivity contribution is 5.88. The van der Waals surface area contributed by atoms with Gasteiger partial charge in [0, 0.05) is 0 Å². The van der Waals surface area contributed by atoms with Crippen LogP contribution >= 0.6 is 0 Å². The molecule has 0 aliphatic rings. The number of aliphatic hydroxyl groups excluding tert-OH is 2. The summed E-state index contributed by atoms with van der Waals surface area (Å²) in [5.41, 5.74) is 4.34. The van der Waals surface area contributed by atoms with E-state index in [4.69, 9.17) is 29.2 Å². The van der Waals surface area contributed by atoms with E-state index in [0.717, 1.165) is 85.1 Å². The van der Waals surface area contributed by atoms with Crippen LogP contribution in [0.25, 0.3) is 11.1 Å². The Bertz CT molecular complexity index is 1080. The minimum atomic E-state index is -0.629. The molecule has 2 aromatic rings. The monoisotopic (exact) mass is 582 g/mol. The van der Waals surface area contributed by atoms with Crippen molar-refractivity contribution in [1.29, 1.82) is 0 Å². The van der Waals surface area contributed by atoms with Gasteiger partial charge in [-0.2, -0.15) is 0 Å². The molecule has 0 aliphatic heterocycles. The molecule has 0 fully saturated rings. The van der Waals surface area contributed by atoms with E-state index >= 15 is 0 Å². The maximum Gasteiger partial charge on any atom is 0.335 e. The number of unbranched alkanes of at least 4 members (excludes halogenated alkanes) is 4. The summed E-state index contributed by atoms with van der Waals surface area (Å²) in [7, 11) is 0. The fourth-order valence-electron chi connectivity index (χ4n) is 4.23. The molecule has 2 rings (SSSR count). The van der Waals surface area contributed by atoms with Gasteiger partial charge >= 0.3 is 11.9 Å². The van der Waals surface area contributed by atoms with E-state index in [-0.39, 0.29) is 37.6 Å². The maximum absolute atomic E-state index is 11.7. The van der Waals surface area contributed by atoms with Crippen LogP contribution in [0.4, 0.5) is 0 Å². The first-order chi connectivity index (χ1) is 20.3. The van der Waals surface area contributed by atoms with Crippen molar-refractivity contribution in [3.05, 3.63) is 71.8 Å². The summed E-state index contributed by atoms with van der Waals surface area (Å²) >= 11 is 0. The van der Waals surface area contributed by atoms with Gasteiger partial charge in [0.05, 0.1) is 24.4 Å². The van der Waals surface area contributed by atoms with Gasteiger partial charge in [-0.25, -0.2) is 9.59 Å².